The van der Waals surface area contributed by atoms with Gasteiger partial charge in [0.05, 0.1) is 11.3 Å². The summed E-state index contributed by atoms with van der Waals surface area (Å²) in [6.45, 7) is 0.250. The first-order valence-corrected chi connectivity index (χ1v) is 8.90. The van der Waals surface area contributed by atoms with E-state index in [-0.39, 0.29) is 12.5 Å². The van der Waals surface area contributed by atoms with E-state index in [1.54, 1.807) is 18.5 Å². The van der Waals surface area contributed by atoms with E-state index < -0.39 is 29.5 Å². The minimum absolute atomic E-state index is 0.250. The molecule has 9 heteroatoms. The largest absolute Gasteiger partial charge is 0.416 e. The summed E-state index contributed by atoms with van der Waals surface area (Å²) in [7, 11) is 1.56. The zero-order valence-corrected chi connectivity index (χ0v) is 15.1. The van der Waals surface area contributed by atoms with Gasteiger partial charge in [0.15, 0.2) is 0 Å². The van der Waals surface area contributed by atoms with E-state index in [2.05, 4.69) is 5.32 Å². The highest BCUT2D eigenvalue weighted by atomic mass is 35.5. The lowest BCUT2D eigenvalue weighted by Gasteiger charge is -2.17. The van der Waals surface area contributed by atoms with Crippen LogP contribution in [0.2, 0.25) is 4.34 Å². The third kappa shape index (κ3) is 3.57. The second kappa shape index (κ2) is 6.92. The maximum absolute atomic E-state index is 12.7. The predicted octanol–water partition coefficient (Wildman–Crippen LogP) is 4.23. The second-order valence-electron chi connectivity index (χ2n) is 6.02. The van der Waals surface area contributed by atoms with Gasteiger partial charge in [-0.05, 0) is 29.1 Å². The Bertz CT molecular complexity index is 835. The van der Waals surface area contributed by atoms with Gasteiger partial charge >= 0.3 is 6.18 Å². The third-order valence-corrected chi connectivity index (χ3v) is 5.51. The Hall–Kier alpha value is -2.06. The summed E-state index contributed by atoms with van der Waals surface area (Å²) in [6.07, 6.45) is -4.44. The number of alkyl halides is 3. The van der Waals surface area contributed by atoms with Gasteiger partial charge < -0.3 is 10.2 Å². The molecule has 1 N–H and O–H groups in total. The number of carbonyl (C=O) groups excluding carboxylic acids is 2. The predicted molar refractivity (Wildman–Crippen MR) is 93.3 cm³/mol. The maximum Gasteiger partial charge on any atom is 0.416 e. The fraction of sp³-hybridized carbons (Fsp3) is 0.294. The molecule has 138 valence electrons. The average molecular weight is 403 g/mol. The van der Waals surface area contributed by atoms with E-state index in [0.717, 1.165) is 12.1 Å². The highest BCUT2D eigenvalue weighted by molar-refractivity contribution is 7.15. The van der Waals surface area contributed by atoms with Crippen molar-refractivity contribution in [3.05, 3.63) is 51.2 Å². The third-order valence-electron chi connectivity index (χ3n) is 4.34. The van der Waals surface area contributed by atoms with E-state index in [0.29, 0.717) is 15.6 Å². The van der Waals surface area contributed by atoms with Crippen LogP contribution in [0.5, 0.6) is 0 Å². The van der Waals surface area contributed by atoms with Gasteiger partial charge in [-0.1, -0.05) is 23.7 Å². The highest BCUT2D eigenvalue weighted by Gasteiger charge is 2.44. The number of halogens is 4. The number of anilines is 1. The van der Waals surface area contributed by atoms with E-state index in [4.69, 9.17) is 11.6 Å². The van der Waals surface area contributed by atoms with Gasteiger partial charge in [-0.25, -0.2) is 0 Å². The molecule has 3 rings (SSSR count). The van der Waals surface area contributed by atoms with Gasteiger partial charge in [-0.3, -0.25) is 9.59 Å². The smallest absolute Gasteiger partial charge is 0.344 e. The summed E-state index contributed by atoms with van der Waals surface area (Å²) in [6, 6.07) is 6.18. The molecule has 2 heterocycles. The molecule has 2 atom stereocenters. The zero-order valence-electron chi connectivity index (χ0n) is 13.5. The van der Waals surface area contributed by atoms with Crippen LogP contribution in [-0.2, 0) is 15.8 Å². The molecule has 0 spiro atoms. The first-order chi connectivity index (χ1) is 12.2. The first-order valence-electron chi connectivity index (χ1n) is 7.64. The summed E-state index contributed by atoms with van der Waals surface area (Å²) in [4.78, 5) is 26.5. The minimum Gasteiger partial charge on any atom is -0.344 e. The molecule has 0 unspecified atom stereocenters. The molecule has 0 aliphatic carbocycles. The fourth-order valence-corrected chi connectivity index (χ4v) is 3.84. The molecule has 4 nitrogen and oxygen atoms in total. The molecule has 1 aliphatic heterocycles. The number of carbonyl (C=O) groups is 2. The van der Waals surface area contributed by atoms with Gasteiger partial charge in [0.1, 0.15) is 10.3 Å². The summed E-state index contributed by atoms with van der Waals surface area (Å²) >= 11 is 7.21. The van der Waals surface area contributed by atoms with Crippen LogP contribution in [0.1, 0.15) is 17.0 Å². The lowest BCUT2D eigenvalue weighted by molar-refractivity contribution is -0.138. The Kier molecular flexibility index (Phi) is 4.98. The van der Waals surface area contributed by atoms with E-state index in [1.807, 2.05) is 0 Å². The van der Waals surface area contributed by atoms with Crippen LogP contribution in [0.4, 0.5) is 18.9 Å². The van der Waals surface area contributed by atoms with Crippen molar-refractivity contribution in [3.63, 3.8) is 0 Å². The number of hydrogen-bond acceptors (Lipinski definition) is 3. The summed E-state index contributed by atoms with van der Waals surface area (Å²) in [5, 5.41) is 4.33. The molecule has 0 saturated carbocycles. The normalized spacial score (nSPS) is 20.5. The van der Waals surface area contributed by atoms with Crippen molar-refractivity contribution < 1.29 is 22.8 Å². The molecular formula is C17H14ClF3N2O2S. The van der Waals surface area contributed by atoms with Gasteiger partial charge in [-0.15, -0.1) is 11.3 Å². The Labute approximate surface area is 156 Å². The van der Waals surface area contributed by atoms with E-state index >= 15 is 0 Å². The number of nitrogens with zero attached hydrogens (tertiary/aromatic N) is 1. The maximum atomic E-state index is 12.7. The summed E-state index contributed by atoms with van der Waals surface area (Å²) < 4.78 is 38.6. The van der Waals surface area contributed by atoms with Crippen molar-refractivity contribution in [2.45, 2.75) is 12.1 Å². The highest BCUT2D eigenvalue weighted by Crippen LogP contribution is 2.37. The zero-order chi connectivity index (χ0) is 19.1. The molecule has 2 amide bonds. The Morgan fingerprint density at radius 2 is 1.92 bits per heavy atom. The van der Waals surface area contributed by atoms with Crippen LogP contribution in [0.3, 0.4) is 0 Å². The molecule has 1 aliphatic rings. The SMILES string of the molecule is CN1C[C@H](c2ccc(C(F)(F)F)cc2)[C@@H](C(=O)Nc2ccsc2Cl)C1=O. The molecule has 1 fully saturated rings. The molecule has 1 aromatic heterocycles. The molecule has 2 aromatic rings. The Morgan fingerprint density at radius 1 is 1.27 bits per heavy atom. The van der Waals surface area contributed by atoms with Crippen LogP contribution in [0.25, 0.3) is 0 Å². The average Bonchev–Trinajstić information content (AvgIpc) is 3.11. The second-order valence-corrected chi connectivity index (χ2v) is 7.54. The molecule has 0 bridgehead atoms. The number of benzene rings is 1. The van der Waals surface area contributed by atoms with Crippen LogP contribution < -0.4 is 5.32 Å². The van der Waals surface area contributed by atoms with Crippen molar-refractivity contribution >= 4 is 40.4 Å². The van der Waals surface area contributed by atoms with Crippen molar-refractivity contribution in [1.29, 1.82) is 0 Å². The lowest BCUT2D eigenvalue weighted by Crippen LogP contribution is -2.32. The van der Waals surface area contributed by atoms with Gasteiger partial charge in [0, 0.05) is 19.5 Å². The van der Waals surface area contributed by atoms with Crippen LogP contribution >= 0.6 is 22.9 Å². The van der Waals surface area contributed by atoms with E-state index in [9.17, 15) is 22.8 Å². The number of hydrogen-bond donors (Lipinski definition) is 1. The van der Waals surface area contributed by atoms with Crippen LogP contribution in [-0.4, -0.2) is 30.3 Å². The number of likely N-dealkylation sites (tertiary alicyclic amines) is 1. The standard InChI is InChI=1S/C17H14ClF3N2O2S/c1-23-8-11(9-2-4-10(5-3-9)17(19,20)21)13(16(23)25)15(24)22-12-6-7-26-14(12)18/h2-7,11,13H,8H2,1H3,(H,22,24)/t11-,13+/m1/s1. The lowest BCUT2D eigenvalue weighted by atomic mass is 9.87. The van der Waals surface area contributed by atoms with Crippen molar-refractivity contribution in [2.75, 3.05) is 18.9 Å². The summed E-state index contributed by atoms with van der Waals surface area (Å²) in [5.74, 6) is -2.46. The van der Waals surface area contributed by atoms with Crippen molar-refractivity contribution in [3.8, 4) is 0 Å². The number of thiophene rings is 1. The van der Waals surface area contributed by atoms with Gasteiger partial charge in [-0.2, -0.15) is 13.2 Å². The Balaban J connectivity index is 1.86. The van der Waals surface area contributed by atoms with Crippen LogP contribution in [0, 0.1) is 5.92 Å². The van der Waals surface area contributed by atoms with Gasteiger partial charge in [0.25, 0.3) is 0 Å². The van der Waals surface area contributed by atoms with Crippen LogP contribution in [0.15, 0.2) is 35.7 Å². The van der Waals surface area contributed by atoms with Crippen molar-refractivity contribution in [2.24, 2.45) is 5.92 Å². The molecule has 1 aromatic carbocycles. The number of amides is 2. The van der Waals surface area contributed by atoms with E-state index in [1.165, 1.54) is 28.4 Å². The number of nitrogens with one attached hydrogen (secondary N) is 1. The topological polar surface area (TPSA) is 49.4 Å². The Morgan fingerprint density at radius 3 is 2.46 bits per heavy atom. The molecule has 1 saturated heterocycles. The van der Waals surface area contributed by atoms with Gasteiger partial charge in [0.2, 0.25) is 11.8 Å². The number of likely N-dealkylation sites (N-methyl/N-ethyl adjacent to an activating group) is 1. The molecule has 26 heavy (non-hydrogen) atoms. The fourth-order valence-electron chi connectivity index (χ4n) is 3.00. The number of rotatable bonds is 3. The quantitative estimate of drug-likeness (QED) is 0.781. The summed E-state index contributed by atoms with van der Waals surface area (Å²) in [5.41, 5.74) is 0.146. The first kappa shape index (κ1) is 18.7. The minimum atomic E-state index is -4.44. The van der Waals surface area contributed by atoms with Crippen molar-refractivity contribution in [1.82, 2.24) is 4.90 Å². The monoisotopic (exact) mass is 402 g/mol. The molecular weight excluding hydrogens is 389 g/mol. The molecule has 0 radical (unpaired) electrons.